The maximum Gasteiger partial charge on any atom is 0.358 e. The van der Waals surface area contributed by atoms with Crippen LogP contribution in [0.3, 0.4) is 0 Å². The fraction of sp³-hybridized carbons (Fsp3) is 0.250. The second-order valence-electron chi connectivity index (χ2n) is 7.12. The van der Waals surface area contributed by atoms with Crippen molar-refractivity contribution < 1.29 is 22.7 Å². The van der Waals surface area contributed by atoms with E-state index in [1.807, 2.05) is 0 Å². The SMILES string of the molecule is O=C(O)C(F)(C1CCc2c([nH]c3ccc(Cl)cc23)C1)S(=O)(=O)c1cccc(Cl)c1. The van der Waals surface area contributed by atoms with E-state index in [0.29, 0.717) is 17.1 Å². The summed E-state index contributed by atoms with van der Waals surface area (Å²) < 4.78 is 42.0. The van der Waals surface area contributed by atoms with Gasteiger partial charge >= 0.3 is 11.0 Å². The smallest absolute Gasteiger partial charge is 0.358 e. The molecule has 0 saturated carbocycles. The van der Waals surface area contributed by atoms with Gasteiger partial charge < -0.3 is 10.1 Å². The first-order valence-electron chi connectivity index (χ1n) is 8.86. The van der Waals surface area contributed by atoms with Crippen LogP contribution in [0.25, 0.3) is 10.9 Å². The van der Waals surface area contributed by atoms with E-state index in [4.69, 9.17) is 23.2 Å². The molecule has 2 aromatic carbocycles. The van der Waals surface area contributed by atoms with Gasteiger partial charge in [-0.3, -0.25) is 0 Å². The molecule has 0 bridgehead atoms. The minimum Gasteiger partial charge on any atom is -0.478 e. The van der Waals surface area contributed by atoms with E-state index in [-0.39, 0.29) is 17.9 Å². The lowest BCUT2D eigenvalue weighted by atomic mass is 9.83. The highest BCUT2D eigenvalue weighted by molar-refractivity contribution is 7.93. The Hall–Kier alpha value is -2.09. The number of aliphatic carboxylic acids is 1. The van der Waals surface area contributed by atoms with Crippen LogP contribution in [0.5, 0.6) is 0 Å². The molecule has 1 aliphatic carbocycles. The van der Waals surface area contributed by atoms with Gasteiger partial charge in [0.15, 0.2) is 0 Å². The van der Waals surface area contributed by atoms with Crippen molar-refractivity contribution in [1.29, 1.82) is 0 Å². The summed E-state index contributed by atoms with van der Waals surface area (Å²) in [5, 5.41) is 7.69. The van der Waals surface area contributed by atoms with E-state index >= 15 is 4.39 Å². The first-order chi connectivity index (χ1) is 13.6. The number of halogens is 3. The number of aromatic amines is 1. The third kappa shape index (κ3) is 3.12. The van der Waals surface area contributed by atoms with Crippen molar-refractivity contribution in [3.05, 3.63) is 63.8 Å². The van der Waals surface area contributed by atoms with Crippen molar-refractivity contribution in [2.75, 3.05) is 0 Å². The quantitative estimate of drug-likeness (QED) is 0.590. The Morgan fingerprint density at radius 3 is 2.59 bits per heavy atom. The molecule has 0 saturated heterocycles. The number of rotatable bonds is 4. The van der Waals surface area contributed by atoms with Gasteiger partial charge in [0.05, 0.1) is 4.90 Å². The van der Waals surface area contributed by atoms with E-state index in [2.05, 4.69) is 4.98 Å². The van der Waals surface area contributed by atoms with Crippen LogP contribution >= 0.6 is 23.2 Å². The summed E-state index contributed by atoms with van der Waals surface area (Å²) >= 11 is 11.9. The number of fused-ring (bicyclic) bond motifs is 3. The van der Waals surface area contributed by atoms with Crippen molar-refractivity contribution in [2.24, 2.45) is 5.92 Å². The highest BCUT2D eigenvalue weighted by atomic mass is 35.5. The summed E-state index contributed by atoms with van der Waals surface area (Å²) in [6, 6.07) is 10.3. The molecule has 1 aromatic heterocycles. The van der Waals surface area contributed by atoms with Crippen LogP contribution < -0.4 is 0 Å². The Morgan fingerprint density at radius 2 is 1.90 bits per heavy atom. The maximum absolute atomic E-state index is 15.9. The van der Waals surface area contributed by atoms with Gasteiger partial charge in [-0.2, -0.15) is 0 Å². The zero-order chi connectivity index (χ0) is 21.0. The normalized spacial score (nSPS) is 18.9. The average Bonchev–Trinajstić information content (AvgIpc) is 3.04. The molecule has 0 spiro atoms. The lowest BCUT2D eigenvalue weighted by molar-refractivity contribution is -0.148. The minimum atomic E-state index is -4.85. The number of alkyl halides is 1. The van der Waals surface area contributed by atoms with Gasteiger partial charge in [-0.25, -0.2) is 17.6 Å². The molecule has 4 rings (SSSR count). The Morgan fingerprint density at radius 1 is 1.17 bits per heavy atom. The lowest BCUT2D eigenvalue weighted by Gasteiger charge is -2.32. The molecule has 152 valence electrons. The molecular weight excluding hydrogens is 440 g/mol. The number of carboxylic acids is 1. The number of aromatic nitrogens is 1. The van der Waals surface area contributed by atoms with Gasteiger partial charge in [0.1, 0.15) is 0 Å². The summed E-state index contributed by atoms with van der Waals surface area (Å²) in [6.45, 7) is 0. The predicted molar refractivity (Wildman–Crippen MR) is 109 cm³/mol. The number of carboxylic acid groups (broad SMARTS) is 1. The lowest BCUT2D eigenvalue weighted by Crippen LogP contribution is -2.50. The molecule has 1 heterocycles. The Kier molecular flexibility index (Phi) is 4.88. The molecule has 29 heavy (non-hydrogen) atoms. The molecule has 0 fully saturated rings. The molecule has 5 nitrogen and oxygen atoms in total. The summed E-state index contributed by atoms with van der Waals surface area (Å²) in [6.07, 6.45) is 0.351. The van der Waals surface area contributed by atoms with Crippen LogP contribution in [-0.2, 0) is 27.5 Å². The van der Waals surface area contributed by atoms with Crippen LogP contribution in [0.2, 0.25) is 10.0 Å². The van der Waals surface area contributed by atoms with Gasteiger partial charge in [-0.05, 0) is 61.2 Å². The van der Waals surface area contributed by atoms with E-state index in [9.17, 15) is 18.3 Å². The van der Waals surface area contributed by atoms with Crippen molar-refractivity contribution in [2.45, 2.75) is 29.2 Å². The summed E-state index contributed by atoms with van der Waals surface area (Å²) in [4.78, 5) is 14.6. The van der Waals surface area contributed by atoms with Crippen molar-refractivity contribution >= 4 is 49.9 Å². The van der Waals surface area contributed by atoms with Gasteiger partial charge in [-0.15, -0.1) is 0 Å². The Bertz CT molecular complexity index is 1240. The van der Waals surface area contributed by atoms with Crippen LogP contribution in [0.15, 0.2) is 47.4 Å². The number of H-pyrrole nitrogens is 1. The van der Waals surface area contributed by atoms with E-state index in [0.717, 1.165) is 28.6 Å². The Labute approximate surface area is 176 Å². The number of sulfone groups is 1. The van der Waals surface area contributed by atoms with Gasteiger partial charge in [-0.1, -0.05) is 29.3 Å². The van der Waals surface area contributed by atoms with Crippen molar-refractivity contribution in [3.63, 3.8) is 0 Å². The van der Waals surface area contributed by atoms with Gasteiger partial charge in [0.2, 0.25) is 9.84 Å². The highest BCUT2D eigenvalue weighted by Crippen LogP contribution is 2.43. The van der Waals surface area contributed by atoms with Crippen LogP contribution in [0.1, 0.15) is 17.7 Å². The van der Waals surface area contributed by atoms with E-state index in [1.165, 1.54) is 12.1 Å². The number of benzene rings is 2. The Balaban J connectivity index is 1.79. The zero-order valence-electron chi connectivity index (χ0n) is 15.0. The number of nitrogens with one attached hydrogen (secondary N) is 1. The fourth-order valence-electron chi connectivity index (χ4n) is 4.03. The van der Waals surface area contributed by atoms with Crippen molar-refractivity contribution in [1.82, 2.24) is 4.98 Å². The molecule has 2 unspecified atom stereocenters. The van der Waals surface area contributed by atoms with Gasteiger partial charge in [0, 0.05) is 32.6 Å². The first kappa shape index (κ1) is 20.2. The molecule has 3 aromatic rings. The largest absolute Gasteiger partial charge is 0.478 e. The standard InChI is InChI=1S/C20H16Cl2FNO4S/c21-12-2-1-3-14(9-12)29(27,28)20(23,19(25)26)11-4-6-15-16-10-13(22)5-7-17(16)24-18(15)8-11/h1-3,5,7,9-11,24H,4,6,8H2,(H,25,26). The number of hydrogen-bond acceptors (Lipinski definition) is 3. The highest BCUT2D eigenvalue weighted by Gasteiger charge is 2.59. The average molecular weight is 456 g/mol. The maximum atomic E-state index is 15.9. The summed E-state index contributed by atoms with van der Waals surface area (Å²) in [7, 11) is -4.85. The molecule has 0 amide bonds. The zero-order valence-corrected chi connectivity index (χ0v) is 17.3. The van der Waals surface area contributed by atoms with Gasteiger partial charge in [0.25, 0.3) is 0 Å². The number of carbonyl (C=O) groups is 1. The molecular formula is C20H16Cl2FNO4S. The third-order valence-corrected chi connectivity index (χ3v) is 8.10. The molecule has 2 atom stereocenters. The molecule has 1 aliphatic rings. The second kappa shape index (κ2) is 7.00. The number of aryl methyl sites for hydroxylation is 1. The second-order valence-corrected chi connectivity index (χ2v) is 10.1. The van der Waals surface area contributed by atoms with Crippen molar-refractivity contribution in [3.8, 4) is 0 Å². The molecule has 0 radical (unpaired) electrons. The third-order valence-electron chi connectivity index (χ3n) is 5.46. The van der Waals surface area contributed by atoms with Crippen LogP contribution in [-0.4, -0.2) is 29.5 Å². The topological polar surface area (TPSA) is 87.2 Å². The summed E-state index contributed by atoms with van der Waals surface area (Å²) in [5.74, 6) is -3.29. The minimum absolute atomic E-state index is 0.0514. The monoisotopic (exact) mass is 455 g/mol. The van der Waals surface area contributed by atoms with Crippen LogP contribution in [0.4, 0.5) is 4.39 Å². The molecule has 2 N–H and O–H groups in total. The molecule has 0 aliphatic heterocycles. The summed E-state index contributed by atoms with van der Waals surface area (Å²) in [5.41, 5.74) is 2.33. The fourth-order valence-corrected chi connectivity index (χ4v) is 6.21. The predicted octanol–water partition coefficient (Wildman–Crippen LogP) is 4.80. The van der Waals surface area contributed by atoms with E-state index in [1.54, 1.807) is 18.2 Å². The first-order valence-corrected chi connectivity index (χ1v) is 11.1. The van der Waals surface area contributed by atoms with Crippen LogP contribution in [0, 0.1) is 5.92 Å². The number of hydrogen-bond donors (Lipinski definition) is 2. The molecule has 9 heteroatoms. The van der Waals surface area contributed by atoms with E-state index < -0.39 is 31.6 Å².